The highest BCUT2D eigenvalue weighted by molar-refractivity contribution is 6.34. The smallest absolute Gasteiger partial charge is 0.225 e. The molecule has 2 aromatic carbocycles. The zero-order chi connectivity index (χ0) is 18.2. The standard InChI is InChI=1S/C20H25ClN2O2/c1-14-12-15(2)20(17(21)13-14)23-19(24)9-11-22-10-8-16-6-4-5-7-18(16)25-3/h4-7,12-13,22H,8-11H2,1-3H3,(H,23,24). The van der Waals surface area contributed by atoms with Crippen molar-refractivity contribution in [3.8, 4) is 5.75 Å². The predicted molar refractivity (Wildman–Crippen MR) is 104 cm³/mol. The number of methoxy groups -OCH3 is 1. The first kappa shape index (κ1) is 19.3. The van der Waals surface area contributed by atoms with Gasteiger partial charge in [-0.25, -0.2) is 0 Å². The Kier molecular flexibility index (Phi) is 7.29. The van der Waals surface area contributed by atoms with Crippen LogP contribution in [-0.4, -0.2) is 26.1 Å². The Hall–Kier alpha value is -2.04. The van der Waals surface area contributed by atoms with E-state index in [0.29, 0.717) is 23.7 Å². The molecular formula is C20H25ClN2O2. The average Bonchev–Trinajstić information content (AvgIpc) is 2.58. The van der Waals surface area contributed by atoms with Crippen LogP contribution in [0, 0.1) is 13.8 Å². The zero-order valence-corrected chi connectivity index (χ0v) is 15.7. The molecule has 0 aliphatic carbocycles. The molecule has 1 amide bonds. The molecule has 0 heterocycles. The molecule has 5 heteroatoms. The van der Waals surface area contributed by atoms with E-state index in [-0.39, 0.29) is 5.91 Å². The van der Waals surface area contributed by atoms with Crippen LogP contribution in [0.2, 0.25) is 5.02 Å². The van der Waals surface area contributed by atoms with Crippen LogP contribution < -0.4 is 15.4 Å². The fraction of sp³-hybridized carbons (Fsp3) is 0.350. The lowest BCUT2D eigenvalue weighted by Crippen LogP contribution is -2.24. The molecule has 2 N–H and O–H groups in total. The number of aryl methyl sites for hydroxylation is 2. The topological polar surface area (TPSA) is 50.4 Å². The maximum atomic E-state index is 12.1. The van der Waals surface area contributed by atoms with Gasteiger partial charge in [-0.3, -0.25) is 4.79 Å². The summed E-state index contributed by atoms with van der Waals surface area (Å²) in [6, 6.07) is 11.8. The second-order valence-electron chi connectivity index (χ2n) is 6.05. The number of hydrogen-bond acceptors (Lipinski definition) is 3. The minimum atomic E-state index is -0.0429. The Bertz CT molecular complexity index is 708. The summed E-state index contributed by atoms with van der Waals surface area (Å²) in [6.45, 7) is 5.33. The van der Waals surface area contributed by atoms with E-state index in [9.17, 15) is 4.79 Å². The predicted octanol–water partition coefficient (Wildman–Crippen LogP) is 4.13. The van der Waals surface area contributed by atoms with Crippen molar-refractivity contribution < 1.29 is 9.53 Å². The highest BCUT2D eigenvalue weighted by atomic mass is 35.5. The molecule has 0 radical (unpaired) electrons. The first-order chi connectivity index (χ1) is 12.0. The van der Waals surface area contributed by atoms with Crippen LogP contribution in [0.4, 0.5) is 5.69 Å². The minimum absolute atomic E-state index is 0.0429. The molecule has 0 saturated carbocycles. The van der Waals surface area contributed by atoms with Gasteiger partial charge < -0.3 is 15.4 Å². The van der Waals surface area contributed by atoms with Crippen molar-refractivity contribution in [1.29, 1.82) is 0 Å². The lowest BCUT2D eigenvalue weighted by Gasteiger charge is -2.12. The van der Waals surface area contributed by atoms with E-state index in [4.69, 9.17) is 16.3 Å². The van der Waals surface area contributed by atoms with E-state index in [1.54, 1.807) is 7.11 Å². The first-order valence-corrected chi connectivity index (χ1v) is 8.78. The van der Waals surface area contributed by atoms with Gasteiger partial charge in [0.2, 0.25) is 5.91 Å². The lowest BCUT2D eigenvalue weighted by molar-refractivity contribution is -0.116. The molecule has 0 unspecified atom stereocenters. The third-order valence-corrected chi connectivity index (χ3v) is 4.29. The number of anilines is 1. The van der Waals surface area contributed by atoms with Crippen LogP contribution in [0.5, 0.6) is 5.75 Å². The Morgan fingerprint density at radius 3 is 2.64 bits per heavy atom. The summed E-state index contributed by atoms with van der Waals surface area (Å²) >= 11 is 6.22. The van der Waals surface area contributed by atoms with Crippen molar-refractivity contribution >= 4 is 23.2 Å². The van der Waals surface area contributed by atoms with E-state index in [2.05, 4.69) is 16.7 Å². The Balaban J connectivity index is 1.74. The fourth-order valence-corrected chi connectivity index (χ4v) is 3.10. The van der Waals surface area contributed by atoms with E-state index < -0.39 is 0 Å². The molecule has 0 aliphatic heterocycles. The van der Waals surface area contributed by atoms with Crippen LogP contribution in [0.1, 0.15) is 23.1 Å². The van der Waals surface area contributed by atoms with Gasteiger partial charge in [0.25, 0.3) is 0 Å². The molecule has 0 fully saturated rings. The van der Waals surface area contributed by atoms with Crippen molar-refractivity contribution in [3.63, 3.8) is 0 Å². The summed E-state index contributed by atoms with van der Waals surface area (Å²) in [6.07, 6.45) is 1.25. The number of rotatable bonds is 8. The van der Waals surface area contributed by atoms with Gasteiger partial charge >= 0.3 is 0 Å². The number of ether oxygens (including phenoxy) is 1. The molecule has 4 nitrogen and oxygen atoms in total. The van der Waals surface area contributed by atoms with Gasteiger partial charge in [-0.05, 0) is 55.6 Å². The number of benzene rings is 2. The van der Waals surface area contributed by atoms with Gasteiger partial charge in [0.05, 0.1) is 17.8 Å². The highest BCUT2D eigenvalue weighted by Crippen LogP contribution is 2.27. The second-order valence-corrected chi connectivity index (χ2v) is 6.46. The molecule has 0 bridgehead atoms. The summed E-state index contributed by atoms with van der Waals surface area (Å²) in [5, 5.41) is 6.77. The highest BCUT2D eigenvalue weighted by Gasteiger charge is 2.09. The third-order valence-electron chi connectivity index (χ3n) is 3.99. The maximum absolute atomic E-state index is 12.1. The first-order valence-electron chi connectivity index (χ1n) is 8.40. The molecule has 0 atom stereocenters. The van der Waals surface area contributed by atoms with Gasteiger partial charge in [-0.15, -0.1) is 0 Å². The van der Waals surface area contributed by atoms with Crippen molar-refractivity contribution in [1.82, 2.24) is 5.32 Å². The van der Waals surface area contributed by atoms with Crippen molar-refractivity contribution in [2.45, 2.75) is 26.7 Å². The quantitative estimate of drug-likeness (QED) is 0.696. The molecule has 134 valence electrons. The van der Waals surface area contributed by atoms with Crippen LogP contribution >= 0.6 is 11.6 Å². The van der Waals surface area contributed by atoms with Crippen LogP contribution in [-0.2, 0) is 11.2 Å². The van der Waals surface area contributed by atoms with Gasteiger partial charge in [0.15, 0.2) is 0 Å². The molecule has 2 aromatic rings. The molecule has 0 saturated heterocycles. The second kappa shape index (κ2) is 9.44. The Labute approximate surface area is 154 Å². The van der Waals surface area contributed by atoms with E-state index in [0.717, 1.165) is 35.4 Å². The summed E-state index contributed by atoms with van der Waals surface area (Å²) in [5.74, 6) is 0.852. The molecule has 2 rings (SSSR count). The molecule has 0 spiro atoms. The van der Waals surface area contributed by atoms with Gasteiger partial charge in [0.1, 0.15) is 5.75 Å². The average molecular weight is 361 g/mol. The third kappa shape index (κ3) is 5.76. The van der Waals surface area contributed by atoms with Gasteiger partial charge in [0, 0.05) is 13.0 Å². The number of para-hydroxylation sites is 1. The summed E-state index contributed by atoms with van der Waals surface area (Å²) in [5.41, 5.74) is 3.91. The van der Waals surface area contributed by atoms with Crippen molar-refractivity contribution in [3.05, 3.63) is 58.1 Å². The van der Waals surface area contributed by atoms with Crippen molar-refractivity contribution in [2.75, 3.05) is 25.5 Å². The van der Waals surface area contributed by atoms with E-state index in [1.165, 1.54) is 0 Å². The molecule has 0 aromatic heterocycles. The number of carbonyl (C=O) groups excluding carboxylic acids is 1. The monoisotopic (exact) mass is 360 g/mol. The van der Waals surface area contributed by atoms with Crippen LogP contribution in [0.25, 0.3) is 0 Å². The number of nitrogens with one attached hydrogen (secondary N) is 2. The fourth-order valence-electron chi connectivity index (χ4n) is 2.74. The van der Waals surface area contributed by atoms with Gasteiger partial charge in [-0.2, -0.15) is 0 Å². The Morgan fingerprint density at radius 1 is 1.16 bits per heavy atom. The summed E-state index contributed by atoms with van der Waals surface area (Å²) in [7, 11) is 1.68. The molecular weight excluding hydrogens is 336 g/mol. The van der Waals surface area contributed by atoms with Crippen LogP contribution in [0.3, 0.4) is 0 Å². The Morgan fingerprint density at radius 2 is 1.92 bits per heavy atom. The zero-order valence-electron chi connectivity index (χ0n) is 15.0. The number of halogens is 1. The van der Waals surface area contributed by atoms with E-state index >= 15 is 0 Å². The number of amides is 1. The SMILES string of the molecule is COc1ccccc1CCNCCC(=O)Nc1c(C)cc(C)cc1Cl. The van der Waals surface area contributed by atoms with Crippen LogP contribution in [0.15, 0.2) is 36.4 Å². The summed E-state index contributed by atoms with van der Waals surface area (Å²) < 4.78 is 5.33. The minimum Gasteiger partial charge on any atom is -0.496 e. The maximum Gasteiger partial charge on any atom is 0.225 e. The lowest BCUT2D eigenvalue weighted by atomic mass is 10.1. The van der Waals surface area contributed by atoms with Crippen molar-refractivity contribution in [2.24, 2.45) is 0 Å². The van der Waals surface area contributed by atoms with Gasteiger partial charge in [-0.1, -0.05) is 35.9 Å². The normalized spacial score (nSPS) is 10.6. The largest absolute Gasteiger partial charge is 0.496 e. The molecule has 0 aliphatic rings. The number of hydrogen-bond donors (Lipinski definition) is 2. The number of carbonyl (C=O) groups is 1. The molecule has 25 heavy (non-hydrogen) atoms. The summed E-state index contributed by atoms with van der Waals surface area (Å²) in [4.78, 5) is 12.1. The van der Waals surface area contributed by atoms with E-state index in [1.807, 2.05) is 44.2 Å².